The Morgan fingerprint density at radius 3 is 2.54 bits per heavy atom. The highest BCUT2D eigenvalue weighted by atomic mass is 16.4. The zero-order valence-electron chi connectivity index (χ0n) is 16.7. The summed E-state index contributed by atoms with van der Waals surface area (Å²) < 4.78 is 1.63. The first kappa shape index (κ1) is 24.3. The number of aliphatic hydroxyl groups is 2. The minimum atomic E-state index is -0.861. The lowest BCUT2D eigenvalue weighted by Gasteiger charge is -2.08. The molecule has 150 valence electrons. The Morgan fingerprint density at radius 2 is 1.92 bits per heavy atom. The molecule has 2 unspecified atom stereocenters. The van der Waals surface area contributed by atoms with Crippen molar-refractivity contribution in [3.8, 4) is 0 Å². The van der Waals surface area contributed by atoms with Crippen molar-refractivity contribution in [3.05, 3.63) is 23.5 Å². The van der Waals surface area contributed by atoms with Crippen LogP contribution in [0, 0.1) is 0 Å². The molecule has 0 aliphatic rings. The molecule has 0 spiro atoms. The Balaban J connectivity index is 0.00000301. The Kier molecular flexibility index (Phi) is 13.6. The molecule has 2 atom stereocenters. The molecule has 0 fully saturated rings. The van der Waals surface area contributed by atoms with Crippen LogP contribution in [0.2, 0.25) is 0 Å². The molecule has 0 amide bonds. The summed E-state index contributed by atoms with van der Waals surface area (Å²) >= 11 is 0. The number of unbranched alkanes of at least 4 members (excludes halogenated alkanes) is 2. The van der Waals surface area contributed by atoms with Gasteiger partial charge in [0.2, 0.25) is 0 Å². The van der Waals surface area contributed by atoms with Crippen molar-refractivity contribution in [2.24, 2.45) is 7.05 Å². The van der Waals surface area contributed by atoms with E-state index < -0.39 is 12.1 Å². The van der Waals surface area contributed by atoms with Crippen LogP contribution in [0.25, 0.3) is 6.08 Å². The SMILES string of the molecule is CC.CCCCCC(O)C/C=C/c1cn(C)nc1C(O)CCCC(=O)O. The molecular weight excluding hydrogens is 332 g/mol. The number of aliphatic carboxylic acids is 1. The van der Waals surface area contributed by atoms with Gasteiger partial charge in [-0.3, -0.25) is 9.48 Å². The Bertz CT molecular complexity index is 526. The van der Waals surface area contributed by atoms with Crippen LogP contribution in [0.15, 0.2) is 12.3 Å². The van der Waals surface area contributed by atoms with Gasteiger partial charge in [-0.15, -0.1) is 0 Å². The van der Waals surface area contributed by atoms with Gasteiger partial charge in [-0.25, -0.2) is 0 Å². The summed E-state index contributed by atoms with van der Waals surface area (Å²) in [5.41, 5.74) is 1.36. The molecule has 6 heteroatoms. The molecule has 6 nitrogen and oxygen atoms in total. The van der Waals surface area contributed by atoms with Gasteiger partial charge in [0.15, 0.2) is 0 Å². The normalized spacial score (nSPS) is 13.3. The van der Waals surface area contributed by atoms with Gasteiger partial charge < -0.3 is 15.3 Å². The predicted octanol–water partition coefficient (Wildman–Crippen LogP) is 4.08. The van der Waals surface area contributed by atoms with E-state index in [2.05, 4.69) is 12.0 Å². The lowest BCUT2D eigenvalue weighted by Crippen LogP contribution is -2.04. The highest BCUT2D eigenvalue weighted by molar-refractivity contribution is 5.66. The van der Waals surface area contributed by atoms with Crippen LogP contribution in [-0.4, -0.2) is 37.2 Å². The first-order chi connectivity index (χ1) is 12.4. The van der Waals surface area contributed by atoms with E-state index in [1.165, 1.54) is 0 Å². The lowest BCUT2D eigenvalue weighted by atomic mass is 10.0. The van der Waals surface area contributed by atoms with Crippen LogP contribution in [-0.2, 0) is 11.8 Å². The third-order valence-corrected chi connectivity index (χ3v) is 3.92. The van der Waals surface area contributed by atoms with E-state index in [0.717, 1.165) is 31.2 Å². The van der Waals surface area contributed by atoms with Gasteiger partial charge in [0, 0.05) is 25.2 Å². The number of hydrogen-bond acceptors (Lipinski definition) is 4. The summed E-state index contributed by atoms with van der Waals surface area (Å²) in [6.07, 6.45) is 9.97. The van der Waals surface area contributed by atoms with Crippen LogP contribution in [0.3, 0.4) is 0 Å². The first-order valence-electron chi connectivity index (χ1n) is 9.72. The van der Waals surface area contributed by atoms with Crippen LogP contribution >= 0.6 is 0 Å². The molecule has 26 heavy (non-hydrogen) atoms. The Hall–Kier alpha value is -1.66. The van der Waals surface area contributed by atoms with Gasteiger partial charge in [0.1, 0.15) is 0 Å². The molecule has 1 aromatic rings. The van der Waals surface area contributed by atoms with E-state index in [1.54, 1.807) is 11.7 Å². The maximum absolute atomic E-state index is 10.6. The zero-order valence-corrected chi connectivity index (χ0v) is 16.7. The van der Waals surface area contributed by atoms with Gasteiger partial charge in [0.05, 0.1) is 17.9 Å². The van der Waals surface area contributed by atoms with Crippen LogP contribution < -0.4 is 0 Å². The van der Waals surface area contributed by atoms with Gasteiger partial charge in [-0.2, -0.15) is 5.10 Å². The molecule has 3 N–H and O–H groups in total. The number of rotatable bonds is 12. The number of hydrogen-bond donors (Lipinski definition) is 3. The largest absolute Gasteiger partial charge is 0.481 e. The lowest BCUT2D eigenvalue weighted by molar-refractivity contribution is -0.137. The van der Waals surface area contributed by atoms with Crippen molar-refractivity contribution in [2.45, 2.75) is 84.3 Å². The third-order valence-electron chi connectivity index (χ3n) is 3.92. The van der Waals surface area contributed by atoms with Crippen LogP contribution in [0.5, 0.6) is 0 Å². The van der Waals surface area contributed by atoms with E-state index >= 15 is 0 Å². The number of aromatic nitrogens is 2. The molecule has 1 aromatic heterocycles. The minimum Gasteiger partial charge on any atom is -0.481 e. The van der Waals surface area contributed by atoms with Gasteiger partial charge >= 0.3 is 5.97 Å². The van der Waals surface area contributed by atoms with E-state index in [-0.39, 0.29) is 12.5 Å². The molecule has 0 saturated carbocycles. The Morgan fingerprint density at radius 1 is 1.23 bits per heavy atom. The first-order valence-corrected chi connectivity index (χ1v) is 9.72. The second-order valence-electron chi connectivity index (χ2n) is 6.23. The smallest absolute Gasteiger partial charge is 0.303 e. The number of aryl methyl sites for hydroxylation is 1. The van der Waals surface area contributed by atoms with Gasteiger partial charge in [0.25, 0.3) is 0 Å². The molecule has 1 heterocycles. The third kappa shape index (κ3) is 10.4. The number of aliphatic hydroxyl groups excluding tert-OH is 2. The molecule has 0 radical (unpaired) electrons. The summed E-state index contributed by atoms with van der Waals surface area (Å²) in [5.74, 6) is -0.861. The fraction of sp³-hybridized carbons (Fsp3) is 0.700. The molecule has 0 aliphatic carbocycles. The fourth-order valence-corrected chi connectivity index (χ4v) is 2.59. The molecule has 0 aromatic carbocycles. The van der Waals surface area contributed by atoms with E-state index in [4.69, 9.17) is 5.11 Å². The molecule has 1 rings (SSSR count). The van der Waals surface area contributed by atoms with Gasteiger partial charge in [-0.05, 0) is 25.7 Å². The summed E-state index contributed by atoms with van der Waals surface area (Å²) in [6.45, 7) is 6.14. The number of carboxylic acids is 1. The van der Waals surface area contributed by atoms with Crippen molar-refractivity contribution in [3.63, 3.8) is 0 Å². The topological polar surface area (TPSA) is 95.6 Å². The summed E-state index contributed by atoms with van der Waals surface area (Å²) in [5, 5.41) is 33.1. The average molecular weight is 369 g/mol. The maximum Gasteiger partial charge on any atom is 0.303 e. The van der Waals surface area contributed by atoms with Crippen LogP contribution in [0.4, 0.5) is 0 Å². The predicted molar refractivity (Wildman–Crippen MR) is 105 cm³/mol. The van der Waals surface area contributed by atoms with Crippen molar-refractivity contribution in [1.82, 2.24) is 9.78 Å². The maximum atomic E-state index is 10.6. The quantitative estimate of drug-likeness (QED) is 0.483. The average Bonchev–Trinajstić information content (AvgIpc) is 2.97. The second kappa shape index (κ2) is 14.5. The standard InChI is InChI=1S/C18H30N2O4.C2H6/c1-3-4-5-9-15(21)10-6-8-14-13-20(2)19-18(14)16(22)11-7-12-17(23)24;1-2/h6,8,13,15-16,21-22H,3-5,7,9-12H2,1-2H3,(H,23,24);1-2H3/b8-6+;. The Labute approximate surface area is 157 Å². The van der Waals surface area contributed by atoms with Gasteiger partial charge in [-0.1, -0.05) is 52.2 Å². The van der Waals surface area contributed by atoms with Crippen molar-refractivity contribution in [1.29, 1.82) is 0 Å². The van der Waals surface area contributed by atoms with E-state index in [1.807, 2.05) is 32.2 Å². The summed E-state index contributed by atoms with van der Waals surface area (Å²) in [4.78, 5) is 10.6. The molecular formula is C20H36N2O4. The molecule has 0 saturated heterocycles. The number of nitrogens with zero attached hydrogens (tertiary/aromatic N) is 2. The van der Waals surface area contributed by atoms with Crippen LogP contribution in [0.1, 0.15) is 89.5 Å². The van der Waals surface area contributed by atoms with Crippen molar-refractivity contribution in [2.75, 3.05) is 0 Å². The monoisotopic (exact) mass is 368 g/mol. The highest BCUT2D eigenvalue weighted by Crippen LogP contribution is 2.22. The summed E-state index contributed by atoms with van der Waals surface area (Å²) in [6, 6.07) is 0. The molecule has 0 bridgehead atoms. The number of carboxylic acid groups (broad SMARTS) is 1. The van der Waals surface area contributed by atoms with Crippen molar-refractivity contribution < 1.29 is 20.1 Å². The van der Waals surface area contributed by atoms with E-state index in [9.17, 15) is 15.0 Å². The fourth-order valence-electron chi connectivity index (χ4n) is 2.59. The van der Waals surface area contributed by atoms with Crippen molar-refractivity contribution >= 4 is 12.0 Å². The summed E-state index contributed by atoms with van der Waals surface area (Å²) in [7, 11) is 1.78. The van der Waals surface area contributed by atoms with E-state index in [0.29, 0.717) is 25.0 Å². The minimum absolute atomic E-state index is 0.0407. The zero-order chi connectivity index (χ0) is 19.9. The number of carbonyl (C=O) groups is 1. The molecule has 0 aliphatic heterocycles. The second-order valence-corrected chi connectivity index (χ2v) is 6.23. The highest BCUT2D eigenvalue weighted by Gasteiger charge is 2.15.